The fourth-order valence-corrected chi connectivity index (χ4v) is 1.52. The number of aryl methyl sites for hydroxylation is 2. The minimum absolute atomic E-state index is 0.601. The van der Waals surface area contributed by atoms with E-state index in [1.165, 1.54) is 5.56 Å². The summed E-state index contributed by atoms with van der Waals surface area (Å²) < 4.78 is 0. The summed E-state index contributed by atoms with van der Waals surface area (Å²) in [6, 6.07) is 8.13. The number of hydrogen-bond donors (Lipinski definition) is 2. The molecule has 0 saturated heterocycles. The van der Waals surface area contributed by atoms with Crippen LogP contribution in [0.25, 0.3) is 0 Å². The molecule has 2 N–H and O–H groups in total. The van der Waals surface area contributed by atoms with Crippen LogP contribution in [0.15, 0.2) is 30.5 Å². The first-order valence-electron chi connectivity index (χ1n) is 7.54. The van der Waals surface area contributed by atoms with Gasteiger partial charge in [0, 0.05) is 24.5 Å². The average Bonchev–Trinajstić information content (AvgIpc) is 2.55. The molecule has 2 aromatic rings. The van der Waals surface area contributed by atoms with Gasteiger partial charge in [-0.1, -0.05) is 45.4 Å². The van der Waals surface area contributed by atoms with Crippen LogP contribution in [0.4, 0.5) is 17.5 Å². The third kappa shape index (κ3) is 6.25. The van der Waals surface area contributed by atoms with Gasteiger partial charge in [0.25, 0.3) is 0 Å². The number of nitrogens with one attached hydrogen (secondary N) is 2. The smallest absolute Gasteiger partial charge is 0.229 e. The highest BCUT2D eigenvalue weighted by molar-refractivity contribution is 5.56. The molecular weight excluding hydrogens is 260 g/mol. The second-order valence-electron chi connectivity index (χ2n) is 3.97. The Kier molecular flexibility index (Phi) is 9.59. The summed E-state index contributed by atoms with van der Waals surface area (Å²) in [5.74, 6) is 1.44. The van der Waals surface area contributed by atoms with Crippen LogP contribution in [0, 0.1) is 13.8 Å². The summed E-state index contributed by atoms with van der Waals surface area (Å²) >= 11 is 0. The summed E-state index contributed by atoms with van der Waals surface area (Å²) in [5.41, 5.74) is 3.25. The molecule has 0 spiro atoms. The predicted octanol–water partition coefficient (Wildman–Crippen LogP) is 4.93. The summed E-state index contributed by atoms with van der Waals surface area (Å²) in [7, 11) is 1.85. The standard InChI is InChI=1S/C13H16N4.2C2H6/c1-9-4-6-11(7-5-9)16-13-15-8-10(2)12(14-3)17-13;2*1-2/h4-8H,1-3H3,(H2,14,15,16,17);2*1-2H3. The van der Waals surface area contributed by atoms with E-state index >= 15 is 0 Å². The SMILES string of the molecule is CC.CC.CNc1nc(Nc2ccc(C)cc2)ncc1C. The van der Waals surface area contributed by atoms with Crippen molar-refractivity contribution in [3.63, 3.8) is 0 Å². The summed E-state index contributed by atoms with van der Waals surface area (Å²) in [4.78, 5) is 8.62. The monoisotopic (exact) mass is 288 g/mol. The zero-order valence-corrected chi connectivity index (χ0v) is 14.3. The molecule has 0 bridgehead atoms. The van der Waals surface area contributed by atoms with Gasteiger partial charge >= 0.3 is 0 Å². The van der Waals surface area contributed by atoms with Crippen molar-refractivity contribution in [3.8, 4) is 0 Å². The summed E-state index contributed by atoms with van der Waals surface area (Å²) in [6.45, 7) is 12.0. The molecule has 0 atom stereocenters. The Morgan fingerprint density at radius 2 is 1.48 bits per heavy atom. The molecule has 1 aromatic carbocycles. The second-order valence-corrected chi connectivity index (χ2v) is 3.97. The van der Waals surface area contributed by atoms with Gasteiger partial charge in [0.15, 0.2) is 0 Å². The molecule has 0 aliphatic rings. The Labute approximate surface area is 129 Å². The maximum Gasteiger partial charge on any atom is 0.229 e. The maximum atomic E-state index is 4.38. The lowest BCUT2D eigenvalue weighted by molar-refractivity contribution is 1.12. The third-order valence-corrected chi connectivity index (χ3v) is 2.52. The van der Waals surface area contributed by atoms with E-state index in [4.69, 9.17) is 0 Å². The van der Waals surface area contributed by atoms with Gasteiger partial charge in [-0.05, 0) is 26.0 Å². The van der Waals surface area contributed by atoms with E-state index in [-0.39, 0.29) is 0 Å². The van der Waals surface area contributed by atoms with Gasteiger partial charge in [0.2, 0.25) is 5.95 Å². The number of hydrogen-bond acceptors (Lipinski definition) is 4. The molecule has 21 heavy (non-hydrogen) atoms. The van der Waals surface area contributed by atoms with Crippen LogP contribution in [0.2, 0.25) is 0 Å². The molecule has 0 aliphatic heterocycles. The quantitative estimate of drug-likeness (QED) is 0.840. The molecule has 1 aromatic heterocycles. The van der Waals surface area contributed by atoms with Gasteiger partial charge in [0.1, 0.15) is 5.82 Å². The zero-order valence-electron chi connectivity index (χ0n) is 14.3. The van der Waals surface area contributed by atoms with Crippen LogP contribution in [0.3, 0.4) is 0 Å². The summed E-state index contributed by atoms with van der Waals surface area (Å²) in [6.07, 6.45) is 1.80. The van der Waals surface area contributed by atoms with Crippen LogP contribution in [0.5, 0.6) is 0 Å². The highest BCUT2D eigenvalue weighted by atomic mass is 15.1. The van der Waals surface area contributed by atoms with Gasteiger partial charge in [-0.3, -0.25) is 0 Å². The Morgan fingerprint density at radius 3 is 2.00 bits per heavy atom. The van der Waals surface area contributed by atoms with E-state index in [0.29, 0.717) is 5.95 Å². The van der Waals surface area contributed by atoms with Crippen molar-refractivity contribution in [2.24, 2.45) is 0 Å². The van der Waals surface area contributed by atoms with Crippen molar-refractivity contribution in [1.82, 2.24) is 9.97 Å². The molecule has 116 valence electrons. The number of benzene rings is 1. The Bertz CT molecular complexity index is 507. The normalized spacial score (nSPS) is 8.71. The Hall–Kier alpha value is -2.10. The molecule has 0 aliphatic carbocycles. The van der Waals surface area contributed by atoms with Crippen molar-refractivity contribution >= 4 is 17.5 Å². The van der Waals surface area contributed by atoms with E-state index in [0.717, 1.165) is 17.1 Å². The lowest BCUT2D eigenvalue weighted by Gasteiger charge is -2.08. The van der Waals surface area contributed by atoms with Crippen LogP contribution < -0.4 is 10.6 Å². The first-order chi connectivity index (χ1) is 10.2. The lowest BCUT2D eigenvalue weighted by atomic mass is 10.2. The minimum Gasteiger partial charge on any atom is -0.373 e. The van der Waals surface area contributed by atoms with Crippen molar-refractivity contribution in [3.05, 3.63) is 41.6 Å². The zero-order chi connectivity index (χ0) is 16.3. The van der Waals surface area contributed by atoms with E-state index in [2.05, 4.69) is 39.7 Å². The van der Waals surface area contributed by atoms with Gasteiger partial charge < -0.3 is 10.6 Å². The molecular formula is C17H28N4. The van der Waals surface area contributed by atoms with E-state index in [9.17, 15) is 0 Å². The third-order valence-electron chi connectivity index (χ3n) is 2.52. The second kappa shape index (κ2) is 10.7. The number of anilines is 3. The molecule has 0 saturated carbocycles. The van der Waals surface area contributed by atoms with E-state index in [1.807, 2.05) is 53.8 Å². The van der Waals surface area contributed by atoms with Crippen LogP contribution >= 0.6 is 0 Å². The van der Waals surface area contributed by atoms with Gasteiger partial charge in [0.05, 0.1) is 0 Å². The molecule has 0 fully saturated rings. The first kappa shape index (κ1) is 18.9. The fraction of sp³-hybridized carbons (Fsp3) is 0.412. The molecule has 1 heterocycles. The average molecular weight is 288 g/mol. The number of rotatable bonds is 3. The molecule has 2 rings (SSSR count). The van der Waals surface area contributed by atoms with Gasteiger partial charge in [-0.25, -0.2) is 4.98 Å². The van der Waals surface area contributed by atoms with Crippen molar-refractivity contribution in [2.75, 3.05) is 17.7 Å². The van der Waals surface area contributed by atoms with Crippen LogP contribution in [0.1, 0.15) is 38.8 Å². The van der Waals surface area contributed by atoms with Crippen LogP contribution in [-0.2, 0) is 0 Å². The molecule has 0 amide bonds. The minimum atomic E-state index is 0.601. The number of nitrogens with zero attached hydrogens (tertiary/aromatic N) is 2. The van der Waals surface area contributed by atoms with Gasteiger partial charge in [-0.2, -0.15) is 4.98 Å². The van der Waals surface area contributed by atoms with Crippen molar-refractivity contribution < 1.29 is 0 Å². The van der Waals surface area contributed by atoms with Crippen LogP contribution in [-0.4, -0.2) is 17.0 Å². The topological polar surface area (TPSA) is 49.8 Å². The lowest BCUT2D eigenvalue weighted by Crippen LogP contribution is -2.02. The predicted molar refractivity (Wildman–Crippen MR) is 93.5 cm³/mol. The van der Waals surface area contributed by atoms with Crippen molar-refractivity contribution in [2.45, 2.75) is 41.5 Å². The van der Waals surface area contributed by atoms with Gasteiger partial charge in [-0.15, -0.1) is 0 Å². The summed E-state index contributed by atoms with van der Waals surface area (Å²) in [5, 5.41) is 6.21. The Balaban J connectivity index is 0.000000921. The Morgan fingerprint density at radius 1 is 0.905 bits per heavy atom. The van der Waals surface area contributed by atoms with E-state index in [1.54, 1.807) is 6.20 Å². The molecule has 4 heteroatoms. The van der Waals surface area contributed by atoms with Crippen molar-refractivity contribution in [1.29, 1.82) is 0 Å². The first-order valence-corrected chi connectivity index (χ1v) is 7.54. The van der Waals surface area contributed by atoms with E-state index < -0.39 is 0 Å². The maximum absolute atomic E-state index is 4.38. The highest BCUT2D eigenvalue weighted by Crippen LogP contribution is 2.16. The number of aromatic nitrogens is 2. The molecule has 4 nitrogen and oxygen atoms in total. The molecule has 0 unspecified atom stereocenters. The highest BCUT2D eigenvalue weighted by Gasteiger charge is 2.02. The fourth-order valence-electron chi connectivity index (χ4n) is 1.52. The largest absolute Gasteiger partial charge is 0.373 e. The molecule has 0 radical (unpaired) electrons.